The van der Waals surface area contributed by atoms with Crippen LogP contribution in [0.25, 0.3) is 33.4 Å². The lowest BCUT2D eigenvalue weighted by molar-refractivity contribution is 0.474. The van der Waals surface area contributed by atoms with Gasteiger partial charge in [-0.3, -0.25) is 0 Å². The fraction of sp³-hybridized carbons (Fsp3) is 0. The summed E-state index contributed by atoms with van der Waals surface area (Å²) in [4.78, 5) is 0. The number of aromatic hydroxyl groups is 1. The first-order chi connectivity index (χ1) is 10.8. The van der Waals surface area contributed by atoms with E-state index in [0.717, 1.165) is 27.8 Å². The number of phenols is 1. The summed E-state index contributed by atoms with van der Waals surface area (Å²) in [5.41, 5.74) is 3.88. The van der Waals surface area contributed by atoms with Gasteiger partial charge in [0.05, 0.1) is 0 Å². The lowest BCUT2D eigenvalue weighted by Crippen LogP contribution is -1.80. The molecule has 0 radical (unpaired) electrons. The van der Waals surface area contributed by atoms with Crippen molar-refractivity contribution in [2.24, 2.45) is 0 Å². The van der Waals surface area contributed by atoms with Gasteiger partial charge in [0.1, 0.15) is 17.1 Å². The van der Waals surface area contributed by atoms with Crippen LogP contribution in [-0.2, 0) is 0 Å². The van der Waals surface area contributed by atoms with Crippen molar-refractivity contribution in [3.63, 3.8) is 0 Å². The molecule has 0 fully saturated rings. The van der Waals surface area contributed by atoms with Gasteiger partial charge in [-0.2, -0.15) is 0 Å². The summed E-state index contributed by atoms with van der Waals surface area (Å²) in [6, 6.07) is 25.5. The van der Waals surface area contributed by atoms with Gasteiger partial charge >= 0.3 is 0 Å². The molecular formula is C20H14O2. The molecule has 0 bridgehead atoms. The number of hydrogen-bond donors (Lipinski definition) is 1. The first-order valence-electron chi connectivity index (χ1n) is 7.19. The van der Waals surface area contributed by atoms with Crippen LogP contribution in [0.4, 0.5) is 0 Å². The predicted molar refractivity (Wildman–Crippen MR) is 88.8 cm³/mol. The summed E-state index contributed by atoms with van der Waals surface area (Å²) in [6.07, 6.45) is 0. The van der Waals surface area contributed by atoms with Crippen molar-refractivity contribution in [2.75, 3.05) is 0 Å². The van der Waals surface area contributed by atoms with E-state index in [1.54, 1.807) is 12.1 Å². The average molecular weight is 286 g/mol. The Bertz CT molecular complexity index is 922. The van der Waals surface area contributed by atoms with Crippen LogP contribution >= 0.6 is 0 Å². The van der Waals surface area contributed by atoms with Crippen molar-refractivity contribution >= 4 is 11.0 Å². The maximum absolute atomic E-state index is 9.71. The van der Waals surface area contributed by atoms with Crippen molar-refractivity contribution in [3.8, 4) is 28.2 Å². The van der Waals surface area contributed by atoms with Crippen LogP contribution in [-0.4, -0.2) is 5.11 Å². The van der Waals surface area contributed by atoms with Gasteiger partial charge in [0.15, 0.2) is 0 Å². The van der Waals surface area contributed by atoms with E-state index in [4.69, 9.17) is 4.42 Å². The lowest BCUT2D eigenvalue weighted by Gasteiger charge is -2.03. The van der Waals surface area contributed by atoms with Crippen LogP contribution < -0.4 is 0 Å². The second kappa shape index (κ2) is 5.08. The van der Waals surface area contributed by atoms with Crippen LogP contribution in [0, 0.1) is 0 Å². The molecule has 0 aliphatic heterocycles. The third-order valence-electron chi connectivity index (χ3n) is 3.77. The van der Waals surface area contributed by atoms with Crippen LogP contribution in [0.3, 0.4) is 0 Å². The van der Waals surface area contributed by atoms with Crippen molar-refractivity contribution in [1.29, 1.82) is 0 Å². The number of rotatable bonds is 2. The Hall–Kier alpha value is -3.00. The average Bonchev–Trinajstić information content (AvgIpc) is 2.95. The summed E-state index contributed by atoms with van der Waals surface area (Å²) in [7, 11) is 0. The molecule has 0 aliphatic carbocycles. The van der Waals surface area contributed by atoms with E-state index in [0.29, 0.717) is 5.58 Å². The molecule has 2 heteroatoms. The first-order valence-corrected chi connectivity index (χ1v) is 7.19. The van der Waals surface area contributed by atoms with Gasteiger partial charge in [-0.25, -0.2) is 0 Å². The fourth-order valence-corrected chi connectivity index (χ4v) is 2.77. The summed E-state index contributed by atoms with van der Waals surface area (Å²) in [6.45, 7) is 0. The number of fused-ring (bicyclic) bond motifs is 1. The Morgan fingerprint density at radius 1 is 0.682 bits per heavy atom. The molecule has 0 unspecified atom stereocenters. The molecule has 2 nitrogen and oxygen atoms in total. The minimum atomic E-state index is 0.209. The minimum Gasteiger partial charge on any atom is -0.508 e. The second-order valence-electron chi connectivity index (χ2n) is 5.22. The summed E-state index contributed by atoms with van der Waals surface area (Å²) in [5, 5.41) is 10.7. The van der Waals surface area contributed by atoms with Gasteiger partial charge in [-0.05, 0) is 17.7 Å². The molecule has 0 aliphatic rings. The number of phenolic OH excluding ortho intramolecular Hbond substituents is 1. The zero-order valence-corrected chi connectivity index (χ0v) is 11.9. The predicted octanol–water partition coefficient (Wildman–Crippen LogP) is 5.47. The molecule has 0 spiro atoms. The van der Waals surface area contributed by atoms with E-state index >= 15 is 0 Å². The highest BCUT2D eigenvalue weighted by Gasteiger charge is 2.17. The molecule has 0 saturated heterocycles. The van der Waals surface area contributed by atoms with Crippen molar-refractivity contribution in [2.45, 2.75) is 0 Å². The number of hydrogen-bond acceptors (Lipinski definition) is 2. The van der Waals surface area contributed by atoms with Gasteiger partial charge in [-0.15, -0.1) is 0 Å². The van der Waals surface area contributed by atoms with E-state index < -0.39 is 0 Å². The van der Waals surface area contributed by atoms with E-state index in [-0.39, 0.29) is 5.75 Å². The molecule has 106 valence electrons. The summed E-state index contributed by atoms with van der Waals surface area (Å²) >= 11 is 0. The van der Waals surface area contributed by atoms with Crippen LogP contribution in [0.15, 0.2) is 83.3 Å². The zero-order valence-electron chi connectivity index (χ0n) is 11.9. The van der Waals surface area contributed by atoms with Crippen molar-refractivity contribution in [1.82, 2.24) is 0 Å². The Balaban J connectivity index is 2.07. The maximum atomic E-state index is 9.71. The largest absolute Gasteiger partial charge is 0.508 e. The smallest absolute Gasteiger partial charge is 0.143 e. The molecule has 1 N–H and O–H groups in total. The molecule has 0 atom stereocenters. The molecule has 1 heterocycles. The Labute approximate surface area is 128 Å². The quantitative estimate of drug-likeness (QED) is 0.530. The standard InChI is InChI=1S/C20H14O2/c21-16-11-12-17-18(13-16)22-20(15-9-5-2-6-10-15)19(17)14-7-3-1-4-8-14/h1-13,21H. The van der Waals surface area contributed by atoms with Crippen LogP contribution in [0.2, 0.25) is 0 Å². The molecule has 1 aromatic heterocycles. The Morgan fingerprint density at radius 3 is 2.00 bits per heavy atom. The van der Waals surface area contributed by atoms with Gasteiger partial charge in [0.25, 0.3) is 0 Å². The minimum absolute atomic E-state index is 0.209. The van der Waals surface area contributed by atoms with E-state index in [2.05, 4.69) is 12.1 Å². The topological polar surface area (TPSA) is 33.4 Å². The zero-order chi connectivity index (χ0) is 14.9. The third kappa shape index (κ3) is 2.06. The third-order valence-corrected chi connectivity index (χ3v) is 3.77. The molecule has 4 aromatic rings. The van der Waals surface area contributed by atoms with Gasteiger partial charge in [-0.1, -0.05) is 60.7 Å². The highest BCUT2D eigenvalue weighted by Crippen LogP contribution is 2.41. The molecule has 3 aromatic carbocycles. The molecule has 22 heavy (non-hydrogen) atoms. The highest BCUT2D eigenvalue weighted by molar-refractivity contribution is 6.02. The molecule has 4 rings (SSSR count). The van der Waals surface area contributed by atoms with Gasteiger partial charge in [0, 0.05) is 22.6 Å². The normalized spacial score (nSPS) is 10.9. The number of furan rings is 1. The maximum Gasteiger partial charge on any atom is 0.143 e. The fourth-order valence-electron chi connectivity index (χ4n) is 2.77. The lowest BCUT2D eigenvalue weighted by atomic mass is 9.99. The van der Waals surface area contributed by atoms with Crippen molar-refractivity contribution < 1.29 is 9.52 Å². The van der Waals surface area contributed by atoms with E-state index in [9.17, 15) is 5.11 Å². The SMILES string of the molecule is Oc1ccc2c(-c3ccccc3)c(-c3ccccc3)oc2c1. The summed E-state index contributed by atoms with van der Waals surface area (Å²) in [5.74, 6) is 1.04. The summed E-state index contributed by atoms with van der Waals surface area (Å²) < 4.78 is 6.06. The molecule has 0 amide bonds. The van der Waals surface area contributed by atoms with Crippen molar-refractivity contribution in [3.05, 3.63) is 78.9 Å². The van der Waals surface area contributed by atoms with Crippen LogP contribution in [0.1, 0.15) is 0 Å². The molecular weight excluding hydrogens is 272 g/mol. The monoisotopic (exact) mass is 286 g/mol. The van der Waals surface area contributed by atoms with Gasteiger partial charge in [0.2, 0.25) is 0 Å². The number of benzene rings is 3. The van der Waals surface area contributed by atoms with E-state index in [1.807, 2.05) is 54.6 Å². The Morgan fingerprint density at radius 2 is 1.32 bits per heavy atom. The highest BCUT2D eigenvalue weighted by atomic mass is 16.3. The molecule has 0 saturated carbocycles. The first kappa shape index (κ1) is 12.7. The second-order valence-corrected chi connectivity index (χ2v) is 5.22. The Kier molecular flexibility index (Phi) is 2.94. The van der Waals surface area contributed by atoms with E-state index in [1.165, 1.54) is 0 Å². The van der Waals surface area contributed by atoms with Gasteiger partial charge < -0.3 is 9.52 Å². The van der Waals surface area contributed by atoms with Crippen LogP contribution in [0.5, 0.6) is 5.75 Å².